The summed E-state index contributed by atoms with van der Waals surface area (Å²) < 4.78 is 16.0. The van der Waals surface area contributed by atoms with E-state index in [9.17, 15) is 0 Å². The molecule has 3 heteroatoms. The molecule has 24 heavy (non-hydrogen) atoms. The summed E-state index contributed by atoms with van der Waals surface area (Å²) in [5.74, 6) is 2.41. The number of benzene rings is 3. The van der Waals surface area contributed by atoms with Gasteiger partial charge in [0.15, 0.2) is 0 Å². The summed E-state index contributed by atoms with van der Waals surface area (Å²) in [6, 6.07) is 22.4. The molecule has 0 amide bonds. The van der Waals surface area contributed by atoms with E-state index >= 15 is 0 Å². The summed E-state index contributed by atoms with van der Waals surface area (Å²) in [4.78, 5) is 0. The maximum Gasteiger partial charge on any atom is 0.123 e. The minimum atomic E-state index is 0.777. The van der Waals surface area contributed by atoms with Crippen LogP contribution >= 0.6 is 0 Å². The van der Waals surface area contributed by atoms with E-state index < -0.39 is 0 Å². The van der Waals surface area contributed by atoms with Gasteiger partial charge in [0.1, 0.15) is 17.2 Å². The van der Waals surface area contributed by atoms with Gasteiger partial charge in [-0.25, -0.2) is 0 Å². The van der Waals surface area contributed by atoms with E-state index in [-0.39, 0.29) is 0 Å². The second-order valence-electron chi connectivity index (χ2n) is 5.41. The minimum absolute atomic E-state index is 0.777. The van der Waals surface area contributed by atoms with Crippen LogP contribution in [0.5, 0.6) is 17.2 Å². The number of rotatable bonds is 5. The largest absolute Gasteiger partial charge is 0.497 e. The van der Waals surface area contributed by atoms with Crippen LogP contribution in [0.4, 0.5) is 0 Å². The van der Waals surface area contributed by atoms with Crippen LogP contribution in [0.25, 0.3) is 22.3 Å². The van der Waals surface area contributed by atoms with Gasteiger partial charge in [0.2, 0.25) is 0 Å². The predicted octanol–water partition coefficient (Wildman–Crippen LogP) is 5.05. The summed E-state index contributed by atoms with van der Waals surface area (Å²) in [6.07, 6.45) is 0. The molecule has 3 aromatic rings. The highest BCUT2D eigenvalue weighted by atomic mass is 16.5. The molecule has 0 aliphatic rings. The van der Waals surface area contributed by atoms with Crippen molar-refractivity contribution in [1.29, 1.82) is 0 Å². The first kappa shape index (κ1) is 15.9. The summed E-state index contributed by atoms with van der Waals surface area (Å²) >= 11 is 0. The summed E-state index contributed by atoms with van der Waals surface area (Å²) in [5, 5.41) is 0. The Morgan fingerprint density at radius 3 is 1.54 bits per heavy atom. The Kier molecular flexibility index (Phi) is 4.71. The zero-order valence-electron chi connectivity index (χ0n) is 14.1. The predicted molar refractivity (Wildman–Crippen MR) is 97.0 cm³/mol. The zero-order valence-corrected chi connectivity index (χ0v) is 14.1. The van der Waals surface area contributed by atoms with E-state index in [1.54, 1.807) is 21.3 Å². The Morgan fingerprint density at radius 2 is 1.00 bits per heavy atom. The van der Waals surface area contributed by atoms with Crippen molar-refractivity contribution in [2.24, 2.45) is 0 Å². The molecule has 0 radical (unpaired) electrons. The van der Waals surface area contributed by atoms with E-state index in [0.717, 1.165) is 39.5 Å². The molecule has 0 aliphatic heterocycles. The average molecular weight is 320 g/mol. The Labute approximate surface area is 142 Å². The summed E-state index contributed by atoms with van der Waals surface area (Å²) in [7, 11) is 4.99. The van der Waals surface area contributed by atoms with E-state index in [2.05, 4.69) is 36.4 Å². The lowest BCUT2D eigenvalue weighted by Gasteiger charge is -2.10. The van der Waals surface area contributed by atoms with Gasteiger partial charge in [-0.1, -0.05) is 30.3 Å². The zero-order chi connectivity index (χ0) is 16.9. The van der Waals surface area contributed by atoms with Crippen molar-refractivity contribution in [3.05, 3.63) is 66.7 Å². The van der Waals surface area contributed by atoms with Crippen LogP contribution in [-0.4, -0.2) is 21.3 Å². The minimum Gasteiger partial charge on any atom is -0.497 e. The molecule has 0 fully saturated rings. The fourth-order valence-corrected chi connectivity index (χ4v) is 2.64. The van der Waals surface area contributed by atoms with Crippen molar-refractivity contribution in [3.8, 4) is 39.5 Å². The molecule has 0 unspecified atom stereocenters. The monoisotopic (exact) mass is 320 g/mol. The number of ether oxygens (including phenoxy) is 3. The molecule has 122 valence electrons. The van der Waals surface area contributed by atoms with Crippen molar-refractivity contribution in [3.63, 3.8) is 0 Å². The quantitative estimate of drug-likeness (QED) is 0.658. The molecule has 0 bridgehead atoms. The molecule has 0 saturated carbocycles. The van der Waals surface area contributed by atoms with Gasteiger partial charge in [0.25, 0.3) is 0 Å². The molecule has 0 spiro atoms. The van der Waals surface area contributed by atoms with Crippen molar-refractivity contribution in [2.75, 3.05) is 21.3 Å². The molecule has 0 aromatic heterocycles. The van der Waals surface area contributed by atoms with Gasteiger partial charge in [-0.05, 0) is 52.6 Å². The van der Waals surface area contributed by atoms with Crippen LogP contribution in [0.1, 0.15) is 0 Å². The van der Waals surface area contributed by atoms with Crippen molar-refractivity contribution in [2.45, 2.75) is 0 Å². The fraction of sp³-hybridized carbons (Fsp3) is 0.143. The molecule has 0 saturated heterocycles. The highest BCUT2D eigenvalue weighted by molar-refractivity contribution is 5.74. The van der Waals surface area contributed by atoms with Crippen LogP contribution in [0, 0.1) is 0 Å². The van der Waals surface area contributed by atoms with E-state index in [4.69, 9.17) is 14.2 Å². The maximum absolute atomic E-state index is 5.37. The Morgan fingerprint density at radius 1 is 0.458 bits per heavy atom. The van der Waals surface area contributed by atoms with E-state index in [1.165, 1.54) is 0 Å². The van der Waals surface area contributed by atoms with Crippen LogP contribution in [-0.2, 0) is 0 Å². The first-order chi connectivity index (χ1) is 11.7. The van der Waals surface area contributed by atoms with Crippen LogP contribution in [0.3, 0.4) is 0 Å². The van der Waals surface area contributed by atoms with Crippen LogP contribution in [0.2, 0.25) is 0 Å². The van der Waals surface area contributed by atoms with Crippen LogP contribution < -0.4 is 14.2 Å². The molecule has 3 rings (SSSR count). The second kappa shape index (κ2) is 7.09. The lowest BCUT2D eigenvalue weighted by Crippen LogP contribution is -1.89. The lowest BCUT2D eigenvalue weighted by atomic mass is 9.99. The fourth-order valence-electron chi connectivity index (χ4n) is 2.64. The van der Waals surface area contributed by atoms with Gasteiger partial charge in [0.05, 0.1) is 21.3 Å². The molecule has 3 nitrogen and oxygen atoms in total. The van der Waals surface area contributed by atoms with Crippen molar-refractivity contribution < 1.29 is 14.2 Å². The van der Waals surface area contributed by atoms with Gasteiger partial charge in [-0.2, -0.15) is 0 Å². The van der Waals surface area contributed by atoms with Crippen molar-refractivity contribution >= 4 is 0 Å². The number of methoxy groups -OCH3 is 3. The third kappa shape index (κ3) is 3.35. The third-order valence-electron chi connectivity index (χ3n) is 3.97. The number of hydrogen-bond donors (Lipinski definition) is 0. The van der Waals surface area contributed by atoms with E-state index in [0.29, 0.717) is 0 Å². The van der Waals surface area contributed by atoms with Crippen molar-refractivity contribution in [1.82, 2.24) is 0 Å². The maximum atomic E-state index is 5.37. The van der Waals surface area contributed by atoms with Crippen LogP contribution in [0.15, 0.2) is 66.7 Å². The van der Waals surface area contributed by atoms with E-state index in [1.807, 2.05) is 30.3 Å². The lowest BCUT2D eigenvalue weighted by molar-refractivity contribution is 0.394. The topological polar surface area (TPSA) is 27.7 Å². The molecule has 0 heterocycles. The average Bonchev–Trinajstić information content (AvgIpc) is 2.67. The summed E-state index contributed by atoms with van der Waals surface area (Å²) in [5.41, 5.74) is 4.46. The SMILES string of the molecule is COc1ccc(-c2cccc(-c3cc(OC)cc(OC)c3)c2)cc1. The molecular weight excluding hydrogens is 300 g/mol. The molecule has 0 aliphatic carbocycles. The Hall–Kier alpha value is -2.94. The van der Waals surface area contributed by atoms with Gasteiger partial charge in [-0.15, -0.1) is 0 Å². The Balaban J connectivity index is 2.01. The standard InChI is InChI=1S/C21H20O3/c1-22-19-9-7-15(8-10-19)16-5-4-6-17(11-16)18-12-20(23-2)14-21(13-18)24-3/h4-14H,1-3H3. The first-order valence-electron chi connectivity index (χ1n) is 7.71. The second-order valence-corrected chi connectivity index (χ2v) is 5.41. The van der Waals surface area contributed by atoms with Gasteiger partial charge in [-0.3, -0.25) is 0 Å². The molecule has 0 N–H and O–H groups in total. The third-order valence-corrected chi connectivity index (χ3v) is 3.97. The molecule has 3 aromatic carbocycles. The highest BCUT2D eigenvalue weighted by Gasteiger charge is 2.06. The smallest absolute Gasteiger partial charge is 0.123 e. The van der Waals surface area contributed by atoms with Gasteiger partial charge in [0, 0.05) is 6.07 Å². The highest BCUT2D eigenvalue weighted by Crippen LogP contribution is 2.32. The number of hydrogen-bond acceptors (Lipinski definition) is 3. The normalized spacial score (nSPS) is 10.3. The molecular formula is C21H20O3. The Bertz CT molecular complexity index is 800. The first-order valence-corrected chi connectivity index (χ1v) is 7.71. The molecule has 0 atom stereocenters. The van der Waals surface area contributed by atoms with Gasteiger partial charge >= 0.3 is 0 Å². The summed E-state index contributed by atoms with van der Waals surface area (Å²) in [6.45, 7) is 0. The van der Waals surface area contributed by atoms with Gasteiger partial charge < -0.3 is 14.2 Å².